The SMILES string of the molecule is CCCC(=O)N(Cc1ccccc1)Cc1cccn1Cc1ccc(F)cc1. The third-order valence-corrected chi connectivity index (χ3v) is 4.58. The van der Waals surface area contributed by atoms with Crippen LogP contribution in [0.3, 0.4) is 0 Å². The fourth-order valence-corrected chi connectivity index (χ4v) is 3.14. The van der Waals surface area contributed by atoms with E-state index in [0.29, 0.717) is 26.1 Å². The lowest BCUT2D eigenvalue weighted by atomic mass is 10.2. The van der Waals surface area contributed by atoms with Crippen LogP contribution >= 0.6 is 0 Å². The summed E-state index contributed by atoms with van der Waals surface area (Å²) >= 11 is 0. The van der Waals surface area contributed by atoms with Gasteiger partial charge in [-0.15, -0.1) is 0 Å². The van der Waals surface area contributed by atoms with E-state index in [0.717, 1.165) is 23.2 Å². The van der Waals surface area contributed by atoms with Crippen LogP contribution in [0.1, 0.15) is 36.6 Å². The van der Waals surface area contributed by atoms with Gasteiger partial charge < -0.3 is 9.47 Å². The average molecular weight is 364 g/mol. The summed E-state index contributed by atoms with van der Waals surface area (Å²) in [5, 5.41) is 0. The van der Waals surface area contributed by atoms with Gasteiger partial charge in [-0.05, 0) is 41.8 Å². The molecule has 0 saturated heterocycles. The highest BCUT2D eigenvalue weighted by atomic mass is 19.1. The summed E-state index contributed by atoms with van der Waals surface area (Å²) in [5.41, 5.74) is 3.22. The summed E-state index contributed by atoms with van der Waals surface area (Å²) in [6, 6.07) is 20.6. The highest BCUT2D eigenvalue weighted by Gasteiger charge is 2.15. The van der Waals surface area contributed by atoms with Crippen LogP contribution in [-0.4, -0.2) is 15.4 Å². The van der Waals surface area contributed by atoms with Crippen molar-refractivity contribution in [3.8, 4) is 0 Å². The summed E-state index contributed by atoms with van der Waals surface area (Å²) in [7, 11) is 0. The minimum absolute atomic E-state index is 0.163. The molecule has 3 nitrogen and oxygen atoms in total. The second-order valence-electron chi connectivity index (χ2n) is 6.74. The fraction of sp³-hybridized carbons (Fsp3) is 0.261. The maximum Gasteiger partial charge on any atom is 0.223 e. The van der Waals surface area contributed by atoms with Crippen molar-refractivity contribution < 1.29 is 9.18 Å². The maximum absolute atomic E-state index is 13.1. The molecule has 2 aromatic carbocycles. The molecule has 0 spiro atoms. The van der Waals surface area contributed by atoms with Crippen molar-refractivity contribution >= 4 is 5.91 Å². The molecule has 0 aliphatic rings. The molecule has 3 aromatic rings. The highest BCUT2D eigenvalue weighted by Crippen LogP contribution is 2.15. The van der Waals surface area contributed by atoms with Gasteiger partial charge >= 0.3 is 0 Å². The molecule has 4 heteroatoms. The van der Waals surface area contributed by atoms with Crippen LogP contribution in [-0.2, 0) is 24.4 Å². The zero-order valence-corrected chi connectivity index (χ0v) is 15.6. The predicted octanol–water partition coefficient (Wildman–Crippen LogP) is 5.00. The van der Waals surface area contributed by atoms with Crippen molar-refractivity contribution in [2.24, 2.45) is 0 Å². The first kappa shape index (κ1) is 18.9. The van der Waals surface area contributed by atoms with Gasteiger partial charge in [0.15, 0.2) is 0 Å². The van der Waals surface area contributed by atoms with Crippen molar-refractivity contribution in [3.05, 3.63) is 95.6 Å². The number of halogens is 1. The summed E-state index contributed by atoms with van der Waals surface area (Å²) in [6.07, 6.45) is 3.38. The zero-order valence-electron chi connectivity index (χ0n) is 15.6. The lowest BCUT2D eigenvalue weighted by Crippen LogP contribution is -2.30. The number of hydrogen-bond donors (Lipinski definition) is 0. The van der Waals surface area contributed by atoms with Gasteiger partial charge in [-0.2, -0.15) is 0 Å². The number of aromatic nitrogens is 1. The van der Waals surface area contributed by atoms with E-state index < -0.39 is 0 Å². The van der Waals surface area contributed by atoms with E-state index in [1.165, 1.54) is 12.1 Å². The Labute approximate surface area is 160 Å². The second kappa shape index (κ2) is 9.17. The lowest BCUT2D eigenvalue weighted by molar-refractivity contribution is -0.132. The minimum Gasteiger partial charge on any atom is -0.345 e. The Bertz CT molecular complexity index is 856. The standard InChI is InChI=1S/C23H25FN2O/c1-2-7-23(27)26(17-19-8-4-3-5-9-19)18-22-10-6-15-25(22)16-20-11-13-21(24)14-12-20/h3-6,8-15H,2,7,16-18H2,1H3. The van der Waals surface area contributed by atoms with Crippen LogP contribution in [0.5, 0.6) is 0 Å². The van der Waals surface area contributed by atoms with Crippen LogP contribution in [0.25, 0.3) is 0 Å². The first-order chi connectivity index (χ1) is 13.2. The Kier molecular flexibility index (Phi) is 6.42. The molecular formula is C23H25FN2O. The van der Waals surface area contributed by atoms with E-state index in [4.69, 9.17) is 0 Å². The normalized spacial score (nSPS) is 10.7. The molecule has 1 heterocycles. The quantitative estimate of drug-likeness (QED) is 0.552. The van der Waals surface area contributed by atoms with Gasteiger partial charge in [-0.3, -0.25) is 4.79 Å². The van der Waals surface area contributed by atoms with Gasteiger partial charge in [0.2, 0.25) is 5.91 Å². The Balaban J connectivity index is 1.76. The van der Waals surface area contributed by atoms with E-state index in [1.54, 1.807) is 12.1 Å². The van der Waals surface area contributed by atoms with Crippen LogP contribution < -0.4 is 0 Å². The monoisotopic (exact) mass is 364 g/mol. The third kappa shape index (κ3) is 5.30. The second-order valence-corrected chi connectivity index (χ2v) is 6.74. The van der Waals surface area contributed by atoms with Gasteiger partial charge in [0.25, 0.3) is 0 Å². The summed E-state index contributed by atoms with van der Waals surface area (Å²) in [6.45, 7) is 3.84. The van der Waals surface area contributed by atoms with Crippen LogP contribution in [0, 0.1) is 5.82 Å². The summed E-state index contributed by atoms with van der Waals surface area (Å²) in [4.78, 5) is 14.6. The molecule has 0 aliphatic carbocycles. The molecule has 0 N–H and O–H groups in total. The predicted molar refractivity (Wildman–Crippen MR) is 106 cm³/mol. The first-order valence-corrected chi connectivity index (χ1v) is 9.36. The largest absolute Gasteiger partial charge is 0.345 e. The first-order valence-electron chi connectivity index (χ1n) is 9.36. The molecule has 0 fully saturated rings. The molecular weight excluding hydrogens is 339 g/mol. The van der Waals surface area contributed by atoms with Crippen molar-refractivity contribution in [3.63, 3.8) is 0 Å². The molecule has 1 amide bonds. The number of benzene rings is 2. The minimum atomic E-state index is -0.231. The van der Waals surface area contributed by atoms with Gasteiger partial charge in [0.1, 0.15) is 5.82 Å². The molecule has 0 unspecified atom stereocenters. The van der Waals surface area contributed by atoms with Crippen molar-refractivity contribution in [1.29, 1.82) is 0 Å². The van der Waals surface area contributed by atoms with Gasteiger partial charge in [0.05, 0.1) is 6.54 Å². The van der Waals surface area contributed by atoms with Crippen molar-refractivity contribution in [1.82, 2.24) is 9.47 Å². The molecule has 3 rings (SSSR count). The number of amides is 1. The van der Waals surface area contributed by atoms with Gasteiger partial charge in [-0.1, -0.05) is 49.4 Å². The summed E-state index contributed by atoms with van der Waals surface area (Å²) in [5.74, 6) is -0.0680. The topological polar surface area (TPSA) is 25.2 Å². The number of carbonyl (C=O) groups excluding carboxylic acids is 1. The molecule has 27 heavy (non-hydrogen) atoms. The summed E-state index contributed by atoms with van der Waals surface area (Å²) < 4.78 is 15.2. The Morgan fingerprint density at radius 1 is 0.926 bits per heavy atom. The van der Waals surface area contributed by atoms with Crippen molar-refractivity contribution in [2.75, 3.05) is 0 Å². The fourth-order valence-electron chi connectivity index (χ4n) is 3.14. The average Bonchev–Trinajstić information content (AvgIpc) is 3.11. The van der Waals surface area contributed by atoms with E-state index in [1.807, 2.05) is 60.5 Å². The third-order valence-electron chi connectivity index (χ3n) is 4.58. The van der Waals surface area contributed by atoms with Crippen LogP contribution in [0.4, 0.5) is 4.39 Å². The molecule has 0 atom stereocenters. The number of carbonyl (C=O) groups is 1. The van der Waals surface area contributed by atoms with Crippen LogP contribution in [0.2, 0.25) is 0 Å². The molecule has 140 valence electrons. The Morgan fingerprint density at radius 2 is 1.67 bits per heavy atom. The molecule has 0 bridgehead atoms. The Hall–Kier alpha value is -2.88. The lowest BCUT2D eigenvalue weighted by Gasteiger charge is -2.24. The molecule has 0 aliphatic heterocycles. The van der Waals surface area contributed by atoms with Crippen LogP contribution in [0.15, 0.2) is 72.9 Å². The van der Waals surface area contributed by atoms with E-state index in [-0.39, 0.29) is 11.7 Å². The van der Waals surface area contributed by atoms with Gasteiger partial charge in [-0.25, -0.2) is 4.39 Å². The number of rotatable bonds is 8. The maximum atomic E-state index is 13.1. The molecule has 0 radical (unpaired) electrons. The molecule has 1 aromatic heterocycles. The smallest absolute Gasteiger partial charge is 0.223 e. The zero-order chi connectivity index (χ0) is 19.1. The number of nitrogens with zero attached hydrogens (tertiary/aromatic N) is 2. The number of hydrogen-bond acceptors (Lipinski definition) is 1. The Morgan fingerprint density at radius 3 is 2.37 bits per heavy atom. The van der Waals surface area contributed by atoms with E-state index in [9.17, 15) is 9.18 Å². The van der Waals surface area contributed by atoms with E-state index >= 15 is 0 Å². The van der Waals surface area contributed by atoms with E-state index in [2.05, 4.69) is 4.57 Å². The van der Waals surface area contributed by atoms with Crippen molar-refractivity contribution in [2.45, 2.75) is 39.4 Å². The highest BCUT2D eigenvalue weighted by molar-refractivity contribution is 5.76. The molecule has 0 saturated carbocycles. The van der Waals surface area contributed by atoms with Gasteiger partial charge in [0, 0.05) is 31.4 Å².